The van der Waals surface area contributed by atoms with Gasteiger partial charge in [-0.25, -0.2) is 9.97 Å². The van der Waals surface area contributed by atoms with Crippen molar-refractivity contribution in [1.29, 1.82) is 0 Å². The van der Waals surface area contributed by atoms with Crippen molar-refractivity contribution in [2.45, 2.75) is 32.1 Å². The standard InChI is InChI=1S/C13H17N5O/c1-10-16-11(19-17-10)13(2)5-3-8-18(9-13)12-14-6-4-7-15-12/h4,6-7H,3,5,8-9H2,1-2H3. The van der Waals surface area contributed by atoms with Crippen molar-refractivity contribution in [2.24, 2.45) is 0 Å². The van der Waals surface area contributed by atoms with Crippen LogP contribution in [-0.2, 0) is 5.41 Å². The number of hydrogen-bond acceptors (Lipinski definition) is 6. The van der Waals surface area contributed by atoms with E-state index in [-0.39, 0.29) is 5.41 Å². The fourth-order valence-corrected chi connectivity index (χ4v) is 2.58. The summed E-state index contributed by atoms with van der Waals surface area (Å²) in [6.45, 7) is 5.78. The second kappa shape index (κ2) is 4.60. The van der Waals surface area contributed by atoms with E-state index in [9.17, 15) is 0 Å². The smallest absolute Gasteiger partial charge is 0.234 e. The van der Waals surface area contributed by atoms with Gasteiger partial charge in [-0.15, -0.1) is 0 Å². The van der Waals surface area contributed by atoms with Crippen molar-refractivity contribution in [1.82, 2.24) is 20.1 Å². The molecule has 2 aromatic heterocycles. The zero-order valence-corrected chi connectivity index (χ0v) is 11.2. The highest BCUT2D eigenvalue weighted by Crippen LogP contribution is 2.33. The van der Waals surface area contributed by atoms with Crippen molar-refractivity contribution in [3.05, 3.63) is 30.2 Å². The number of anilines is 1. The Morgan fingerprint density at radius 3 is 2.79 bits per heavy atom. The highest BCUT2D eigenvalue weighted by atomic mass is 16.5. The highest BCUT2D eigenvalue weighted by molar-refractivity contribution is 5.32. The van der Waals surface area contributed by atoms with E-state index in [1.54, 1.807) is 12.4 Å². The summed E-state index contributed by atoms with van der Waals surface area (Å²) in [4.78, 5) is 15.2. The Hall–Kier alpha value is -1.98. The van der Waals surface area contributed by atoms with Crippen LogP contribution in [0, 0.1) is 6.92 Å². The van der Waals surface area contributed by atoms with E-state index in [2.05, 4.69) is 31.9 Å². The number of hydrogen-bond donors (Lipinski definition) is 0. The summed E-state index contributed by atoms with van der Waals surface area (Å²) < 4.78 is 5.36. The quantitative estimate of drug-likeness (QED) is 0.818. The first-order chi connectivity index (χ1) is 9.17. The Morgan fingerprint density at radius 1 is 1.32 bits per heavy atom. The predicted molar refractivity (Wildman–Crippen MR) is 69.9 cm³/mol. The van der Waals surface area contributed by atoms with Gasteiger partial charge in [0.15, 0.2) is 5.82 Å². The van der Waals surface area contributed by atoms with Crippen LogP contribution in [0.1, 0.15) is 31.5 Å². The summed E-state index contributed by atoms with van der Waals surface area (Å²) in [5.74, 6) is 2.17. The molecular weight excluding hydrogens is 242 g/mol. The van der Waals surface area contributed by atoms with Gasteiger partial charge in [0.2, 0.25) is 11.8 Å². The fraction of sp³-hybridized carbons (Fsp3) is 0.538. The van der Waals surface area contributed by atoms with Crippen LogP contribution >= 0.6 is 0 Å². The number of nitrogens with zero attached hydrogens (tertiary/aromatic N) is 5. The van der Waals surface area contributed by atoms with Gasteiger partial charge >= 0.3 is 0 Å². The van der Waals surface area contributed by atoms with E-state index in [0.717, 1.165) is 31.9 Å². The summed E-state index contributed by atoms with van der Waals surface area (Å²) >= 11 is 0. The molecule has 0 aliphatic carbocycles. The molecule has 0 spiro atoms. The first kappa shape index (κ1) is 12.1. The van der Waals surface area contributed by atoms with Crippen molar-refractivity contribution in [3.8, 4) is 0 Å². The molecule has 3 heterocycles. The van der Waals surface area contributed by atoms with Crippen LogP contribution in [0.4, 0.5) is 5.95 Å². The molecule has 0 aromatic carbocycles. The summed E-state index contributed by atoms with van der Waals surface area (Å²) in [5.41, 5.74) is -0.126. The van der Waals surface area contributed by atoms with Crippen LogP contribution in [0.3, 0.4) is 0 Å². The molecule has 6 nitrogen and oxygen atoms in total. The van der Waals surface area contributed by atoms with E-state index < -0.39 is 0 Å². The maximum atomic E-state index is 5.36. The highest BCUT2D eigenvalue weighted by Gasteiger charge is 2.38. The Labute approximate surface area is 111 Å². The van der Waals surface area contributed by atoms with Gasteiger partial charge in [0.1, 0.15) is 0 Å². The molecule has 1 fully saturated rings. The third kappa shape index (κ3) is 2.30. The van der Waals surface area contributed by atoms with E-state index in [4.69, 9.17) is 4.52 Å². The summed E-state index contributed by atoms with van der Waals surface area (Å²) in [7, 11) is 0. The van der Waals surface area contributed by atoms with Gasteiger partial charge in [-0.05, 0) is 32.8 Å². The van der Waals surface area contributed by atoms with Gasteiger partial charge in [0.05, 0.1) is 5.41 Å². The Balaban J connectivity index is 1.85. The molecule has 0 amide bonds. The molecule has 1 unspecified atom stereocenters. The van der Waals surface area contributed by atoms with Crippen LogP contribution in [0.15, 0.2) is 23.0 Å². The van der Waals surface area contributed by atoms with Gasteiger partial charge in [0.25, 0.3) is 0 Å². The van der Waals surface area contributed by atoms with E-state index in [1.165, 1.54) is 0 Å². The molecule has 100 valence electrons. The molecular formula is C13H17N5O. The molecule has 0 saturated carbocycles. The number of aryl methyl sites for hydroxylation is 1. The second-order valence-corrected chi connectivity index (χ2v) is 5.28. The van der Waals surface area contributed by atoms with Gasteiger partial charge < -0.3 is 9.42 Å². The first-order valence-corrected chi connectivity index (χ1v) is 6.50. The number of aromatic nitrogens is 4. The van der Waals surface area contributed by atoms with Gasteiger partial charge in [-0.2, -0.15) is 4.98 Å². The lowest BCUT2D eigenvalue weighted by atomic mass is 9.82. The normalized spacial score (nSPS) is 23.6. The lowest BCUT2D eigenvalue weighted by Gasteiger charge is -2.37. The van der Waals surface area contributed by atoms with Crippen molar-refractivity contribution < 1.29 is 4.52 Å². The summed E-state index contributed by atoms with van der Waals surface area (Å²) in [6, 6.07) is 1.83. The predicted octanol–water partition coefficient (Wildman–Crippen LogP) is 1.73. The third-order valence-electron chi connectivity index (χ3n) is 3.58. The first-order valence-electron chi connectivity index (χ1n) is 6.50. The van der Waals surface area contributed by atoms with Crippen molar-refractivity contribution >= 4 is 5.95 Å². The fourth-order valence-electron chi connectivity index (χ4n) is 2.58. The van der Waals surface area contributed by atoms with Gasteiger partial charge in [0, 0.05) is 25.5 Å². The monoisotopic (exact) mass is 259 g/mol. The lowest BCUT2D eigenvalue weighted by molar-refractivity contribution is 0.259. The molecule has 1 aliphatic rings. The van der Waals surface area contributed by atoms with Crippen molar-refractivity contribution in [2.75, 3.05) is 18.0 Å². The molecule has 0 bridgehead atoms. The molecule has 1 atom stereocenters. The van der Waals surface area contributed by atoms with Crippen LogP contribution in [0.25, 0.3) is 0 Å². The Morgan fingerprint density at radius 2 is 2.11 bits per heavy atom. The topological polar surface area (TPSA) is 67.9 Å². The average molecular weight is 259 g/mol. The Kier molecular flexibility index (Phi) is 2.93. The SMILES string of the molecule is Cc1noc(C2(C)CCCN(c3ncccn3)C2)n1. The van der Waals surface area contributed by atoms with Crippen LogP contribution < -0.4 is 4.90 Å². The number of rotatable bonds is 2. The summed E-state index contributed by atoms with van der Waals surface area (Å²) in [6.07, 6.45) is 5.64. The van der Waals surface area contributed by atoms with Crippen molar-refractivity contribution in [3.63, 3.8) is 0 Å². The molecule has 19 heavy (non-hydrogen) atoms. The Bertz CT molecular complexity index is 555. The molecule has 0 radical (unpaired) electrons. The average Bonchev–Trinajstić information content (AvgIpc) is 2.87. The maximum Gasteiger partial charge on any atom is 0.234 e. The minimum atomic E-state index is -0.126. The largest absolute Gasteiger partial charge is 0.340 e. The van der Waals surface area contributed by atoms with Gasteiger partial charge in [-0.1, -0.05) is 5.16 Å². The molecule has 1 saturated heterocycles. The van der Waals surface area contributed by atoms with Crippen LogP contribution in [0.2, 0.25) is 0 Å². The molecule has 2 aromatic rings. The minimum Gasteiger partial charge on any atom is -0.340 e. The molecule has 1 aliphatic heterocycles. The zero-order valence-electron chi connectivity index (χ0n) is 11.2. The van der Waals surface area contributed by atoms with Crippen LogP contribution in [0.5, 0.6) is 0 Å². The second-order valence-electron chi connectivity index (χ2n) is 5.28. The van der Waals surface area contributed by atoms with Crippen LogP contribution in [-0.4, -0.2) is 33.2 Å². The zero-order chi connectivity index (χ0) is 13.3. The van der Waals surface area contributed by atoms with Gasteiger partial charge in [-0.3, -0.25) is 0 Å². The lowest BCUT2D eigenvalue weighted by Crippen LogP contribution is -2.45. The van der Waals surface area contributed by atoms with E-state index in [0.29, 0.717) is 11.7 Å². The van der Waals surface area contributed by atoms with E-state index >= 15 is 0 Å². The molecule has 3 rings (SSSR count). The number of piperidine rings is 1. The minimum absolute atomic E-state index is 0.126. The maximum absolute atomic E-state index is 5.36. The molecule has 6 heteroatoms. The summed E-state index contributed by atoms with van der Waals surface area (Å²) in [5, 5.41) is 3.90. The molecule has 0 N–H and O–H groups in total. The third-order valence-corrected chi connectivity index (χ3v) is 3.58. The van der Waals surface area contributed by atoms with E-state index in [1.807, 2.05) is 13.0 Å².